The maximum atomic E-state index is 12.9. The molecule has 33 heavy (non-hydrogen) atoms. The van der Waals surface area contributed by atoms with Gasteiger partial charge in [0.05, 0.1) is 5.56 Å². The zero-order valence-electron chi connectivity index (χ0n) is 18.8. The first-order valence-corrected chi connectivity index (χ1v) is 11.6. The average Bonchev–Trinajstić information content (AvgIpc) is 3.18. The number of carbonyl (C=O) groups is 1. The van der Waals surface area contributed by atoms with Crippen molar-refractivity contribution in [3.63, 3.8) is 0 Å². The first-order chi connectivity index (χ1) is 16.2. The minimum absolute atomic E-state index is 0.453. The second-order valence-corrected chi connectivity index (χ2v) is 8.71. The quantitative estimate of drug-likeness (QED) is 0.308. The smallest absolute Gasteiger partial charge is 0.336 e. The molecule has 0 radical (unpaired) electrons. The molecule has 0 amide bonds. The van der Waals surface area contributed by atoms with Crippen LogP contribution in [0.4, 0.5) is 0 Å². The molecule has 0 aromatic heterocycles. The summed E-state index contributed by atoms with van der Waals surface area (Å²) in [6, 6.07) is 27.3. The van der Waals surface area contributed by atoms with Crippen molar-refractivity contribution in [2.45, 2.75) is 26.7 Å². The van der Waals surface area contributed by atoms with E-state index in [1.54, 1.807) is 0 Å². The van der Waals surface area contributed by atoms with Crippen LogP contribution in [-0.2, 0) is 12.8 Å². The Morgan fingerprint density at radius 2 is 1.18 bits per heavy atom. The number of aromatic carboxylic acids is 1. The molecule has 0 saturated heterocycles. The molecule has 0 atom stereocenters. The van der Waals surface area contributed by atoms with E-state index < -0.39 is 5.97 Å². The van der Waals surface area contributed by atoms with Crippen LogP contribution in [0.5, 0.6) is 0 Å². The molecule has 5 aromatic carbocycles. The van der Waals surface area contributed by atoms with Gasteiger partial charge in [-0.25, -0.2) is 4.79 Å². The van der Waals surface area contributed by atoms with E-state index in [0.29, 0.717) is 12.0 Å². The van der Waals surface area contributed by atoms with Crippen LogP contribution in [0.3, 0.4) is 0 Å². The highest BCUT2D eigenvalue weighted by molar-refractivity contribution is 6.20. The Morgan fingerprint density at radius 1 is 0.636 bits per heavy atom. The predicted octanol–water partition coefficient (Wildman–Crippen LogP) is 8.13. The van der Waals surface area contributed by atoms with Crippen LogP contribution in [0.1, 0.15) is 35.3 Å². The number of benzene rings is 5. The van der Waals surface area contributed by atoms with Gasteiger partial charge in [0.1, 0.15) is 0 Å². The second-order valence-electron chi connectivity index (χ2n) is 8.71. The molecule has 2 heteroatoms. The normalized spacial score (nSPS) is 11.8. The lowest BCUT2D eigenvalue weighted by molar-refractivity contribution is 0.0696. The fraction of sp³-hybridized carbons (Fsp3) is 0.129. The molecule has 0 unspecified atom stereocenters. The number of carboxylic acids is 1. The van der Waals surface area contributed by atoms with Gasteiger partial charge in [-0.1, -0.05) is 92.7 Å². The third-order valence-corrected chi connectivity index (χ3v) is 7.13. The summed E-state index contributed by atoms with van der Waals surface area (Å²) in [4.78, 5) is 12.9. The zero-order chi connectivity index (χ0) is 22.7. The van der Waals surface area contributed by atoms with Crippen LogP contribution in [-0.4, -0.2) is 11.1 Å². The van der Waals surface area contributed by atoms with Gasteiger partial charge in [0.2, 0.25) is 0 Å². The first-order valence-electron chi connectivity index (χ1n) is 11.6. The topological polar surface area (TPSA) is 37.3 Å². The van der Waals surface area contributed by atoms with E-state index in [1.807, 2.05) is 18.2 Å². The van der Waals surface area contributed by atoms with Crippen LogP contribution in [0.2, 0.25) is 0 Å². The third-order valence-electron chi connectivity index (χ3n) is 7.13. The Morgan fingerprint density at radius 3 is 1.82 bits per heavy atom. The molecule has 1 aliphatic rings. The summed E-state index contributed by atoms with van der Waals surface area (Å²) in [7, 11) is 0. The van der Waals surface area contributed by atoms with E-state index in [0.717, 1.165) is 50.6 Å². The summed E-state index contributed by atoms with van der Waals surface area (Å²) >= 11 is 0. The van der Waals surface area contributed by atoms with E-state index in [1.165, 1.54) is 21.9 Å². The van der Waals surface area contributed by atoms with Gasteiger partial charge in [-0.05, 0) is 73.3 Å². The van der Waals surface area contributed by atoms with Crippen molar-refractivity contribution >= 4 is 27.5 Å². The maximum absolute atomic E-state index is 12.9. The molecule has 6 rings (SSSR count). The molecule has 5 aromatic rings. The fourth-order valence-electron chi connectivity index (χ4n) is 5.89. The molecular formula is C31H24O2. The van der Waals surface area contributed by atoms with Gasteiger partial charge in [-0.15, -0.1) is 0 Å². The zero-order valence-corrected chi connectivity index (χ0v) is 18.8. The molecule has 0 aliphatic heterocycles. The Bertz CT molecular complexity index is 1600. The molecule has 0 saturated carbocycles. The van der Waals surface area contributed by atoms with Crippen molar-refractivity contribution in [2.24, 2.45) is 0 Å². The van der Waals surface area contributed by atoms with Crippen molar-refractivity contribution in [2.75, 3.05) is 0 Å². The SMILES string of the molecule is CCc1c(C(=O)O)c(-c2cccc3ccccc23)c(CC)c2c1-c1cccc3cccc-2c13. The lowest BCUT2D eigenvalue weighted by Crippen LogP contribution is -2.10. The second kappa shape index (κ2) is 7.31. The lowest BCUT2D eigenvalue weighted by Gasteiger charge is -2.23. The third kappa shape index (κ3) is 2.64. The van der Waals surface area contributed by atoms with Crippen molar-refractivity contribution in [1.29, 1.82) is 0 Å². The van der Waals surface area contributed by atoms with Gasteiger partial charge in [0.15, 0.2) is 0 Å². The summed E-state index contributed by atoms with van der Waals surface area (Å²) < 4.78 is 0. The predicted molar refractivity (Wildman–Crippen MR) is 137 cm³/mol. The van der Waals surface area contributed by atoms with Crippen molar-refractivity contribution in [1.82, 2.24) is 0 Å². The molecule has 0 heterocycles. The number of fused-ring (bicyclic) bond motifs is 4. The van der Waals surface area contributed by atoms with Crippen molar-refractivity contribution in [3.8, 4) is 33.4 Å². The fourth-order valence-corrected chi connectivity index (χ4v) is 5.89. The summed E-state index contributed by atoms with van der Waals surface area (Å²) in [6.45, 7) is 4.22. The Kier molecular flexibility index (Phi) is 4.38. The molecule has 1 aliphatic carbocycles. The largest absolute Gasteiger partial charge is 0.478 e. The van der Waals surface area contributed by atoms with Gasteiger partial charge in [0, 0.05) is 5.56 Å². The monoisotopic (exact) mass is 428 g/mol. The van der Waals surface area contributed by atoms with E-state index in [9.17, 15) is 9.90 Å². The summed E-state index contributed by atoms with van der Waals surface area (Å²) in [5, 5.41) is 15.2. The Balaban J connectivity index is 1.86. The number of hydrogen-bond acceptors (Lipinski definition) is 1. The highest BCUT2D eigenvalue weighted by Gasteiger charge is 2.33. The molecule has 1 N–H and O–H groups in total. The molecular weight excluding hydrogens is 404 g/mol. The van der Waals surface area contributed by atoms with Crippen LogP contribution in [0.15, 0.2) is 78.9 Å². The summed E-state index contributed by atoms with van der Waals surface area (Å²) in [5.41, 5.74) is 9.11. The molecule has 2 nitrogen and oxygen atoms in total. The molecule has 0 bridgehead atoms. The van der Waals surface area contributed by atoms with E-state index >= 15 is 0 Å². The summed E-state index contributed by atoms with van der Waals surface area (Å²) in [6.07, 6.45) is 1.42. The highest BCUT2D eigenvalue weighted by Crippen LogP contribution is 2.54. The molecule has 0 fully saturated rings. The van der Waals surface area contributed by atoms with Gasteiger partial charge in [-0.3, -0.25) is 0 Å². The standard InChI is InChI=1S/C31H24O2/c1-3-20-27(23-15-7-11-18-10-5-6-14-22(18)23)30(31(32)33)21(4-2)29-25-17-9-13-19-12-8-16-24(26(19)25)28(20)29/h5-17H,3-4H2,1-2H3,(H,32,33). The Labute approximate surface area is 193 Å². The van der Waals surface area contributed by atoms with Gasteiger partial charge >= 0.3 is 5.97 Å². The number of rotatable bonds is 4. The lowest BCUT2D eigenvalue weighted by atomic mass is 9.80. The number of carboxylic acid groups (broad SMARTS) is 1. The highest BCUT2D eigenvalue weighted by atomic mass is 16.4. The van der Waals surface area contributed by atoms with Crippen LogP contribution < -0.4 is 0 Å². The van der Waals surface area contributed by atoms with Crippen LogP contribution in [0.25, 0.3) is 54.9 Å². The van der Waals surface area contributed by atoms with Crippen LogP contribution in [0, 0.1) is 0 Å². The van der Waals surface area contributed by atoms with E-state index in [2.05, 4.69) is 74.5 Å². The van der Waals surface area contributed by atoms with Crippen LogP contribution >= 0.6 is 0 Å². The van der Waals surface area contributed by atoms with E-state index in [4.69, 9.17) is 0 Å². The summed E-state index contributed by atoms with van der Waals surface area (Å²) in [5.74, 6) is -0.851. The van der Waals surface area contributed by atoms with Gasteiger partial charge in [0.25, 0.3) is 0 Å². The van der Waals surface area contributed by atoms with E-state index in [-0.39, 0.29) is 0 Å². The number of hydrogen-bond donors (Lipinski definition) is 1. The van der Waals surface area contributed by atoms with Crippen molar-refractivity contribution in [3.05, 3.63) is 95.6 Å². The van der Waals surface area contributed by atoms with Gasteiger partial charge < -0.3 is 5.11 Å². The molecule has 160 valence electrons. The maximum Gasteiger partial charge on any atom is 0.336 e. The first kappa shape index (κ1) is 19.8. The van der Waals surface area contributed by atoms with Crippen molar-refractivity contribution < 1.29 is 9.90 Å². The molecule has 0 spiro atoms. The minimum atomic E-state index is -0.851. The van der Waals surface area contributed by atoms with Gasteiger partial charge in [-0.2, -0.15) is 0 Å². The minimum Gasteiger partial charge on any atom is -0.478 e. The Hall–Kier alpha value is -3.91. The average molecular weight is 429 g/mol.